The first-order valence-corrected chi connectivity index (χ1v) is 8.84. The third-order valence-electron chi connectivity index (χ3n) is 3.85. The molecule has 4 rings (SSSR count). The number of rotatable bonds is 5. The summed E-state index contributed by atoms with van der Waals surface area (Å²) in [5.74, 6) is 0.373. The van der Waals surface area contributed by atoms with Gasteiger partial charge in [0.05, 0.1) is 30.1 Å². The van der Waals surface area contributed by atoms with Gasteiger partial charge in [-0.2, -0.15) is 0 Å². The Labute approximate surface area is 152 Å². The largest absolute Gasteiger partial charge is 0.467 e. The van der Waals surface area contributed by atoms with Crippen molar-refractivity contribution in [3.8, 4) is 16.5 Å². The Morgan fingerprint density at radius 1 is 1.38 bits per heavy atom. The molecule has 0 saturated heterocycles. The van der Waals surface area contributed by atoms with Gasteiger partial charge in [0.1, 0.15) is 17.8 Å². The van der Waals surface area contributed by atoms with Gasteiger partial charge >= 0.3 is 0 Å². The van der Waals surface area contributed by atoms with Gasteiger partial charge in [0.2, 0.25) is 11.8 Å². The fraction of sp³-hybridized carbons (Fsp3) is 0.222. The molecule has 8 heteroatoms. The lowest BCUT2D eigenvalue weighted by molar-refractivity contribution is -0.120. The average Bonchev–Trinajstić information content (AvgIpc) is 3.31. The molecule has 0 saturated carbocycles. The van der Waals surface area contributed by atoms with Crippen molar-refractivity contribution in [2.75, 3.05) is 6.79 Å². The molecular weight excluding hydrogens is 359 g/mol. The number of ether oxygens (including phenoxy) is 2. The lowest BCUT2D eigenvalue weighted by atomic mass is 10.0. The van der Waals surface area contributed by atoms with Gasteiger partial charge in [0, 0.05) is 11.1 Å². The fourth-order valence-corrected chi connectivity index (χ4v) is 3.37. The van der Waals surface area contributed by atoms with E-state index in [0.717, 1.165) is 4.88 Å². The first kappa shape index (κ1) is 16.7. The minimum Gasteiger partial charge on any atom is -0.467 e. The molecule has 0 unspecified atom stereocenters. The van der Waals surface area contributed by atoms with Gasteiger partial charge in [-0.25, -0.2) is 9.37 Å². The molecule has 0 bridgehead atoms. The van der Waals surface area contributed by atoms with E-state index in [1.54, 1.807) is 0 Å². The van der Waals surface area contributed by atoms with E-state index < -0.39 is 5.82 Å². The molecule has 0 spiro atoms. The topological polar surface area (TPSA) is 73.6 Å². The zero-order chi connectivity index (χ0) is 17.9. The molecule has 3 aromatic rings. The number of nitrogens with one attached hydrogen (secondary N) is 1. The maximum absolute atomic E-state index is 13.7. The van der Waals surface area contributed by atoms with Crippen molar-refractivity contribution in [3.05, 3.63) is 58.5 Å². The van der Waals surface area contributed by atoms with Crippen LogP contribution < -0.4 is 10.1 Å². The summed E-state index contributed by atoms with van der Waals surface area (Å²) in [6, 6.07) is 6.50. The predicted octanol–water partition coefficient (Wildman–Crippen LogP) is 3.27. The highest BCUT2D eigenvalue weighted by molar-refractivity contribution is 7.13. The average molecular weight is 374 g/mol. The number of aromatic nitrogens is 1. The molecule has 2 aromatic heterocycles. The van der Waals surface area contributed by atoms with Gasteiger partial charge in [-0.3, -0.25) is 4.79 Å². The zero-order valence-electron chi connectivity index (χ0n) is 13.7. The number of carbonyl (C=O) groups excluding carboxylic acids is 1. The number of carbonyl (C=O) groups is 1. The number of thiophene rings is 1. The number of amides is 1. The van der Waals surface area contributed by atoms with E-state index in [9.17, 15) is 9.18 Å². The van der Waals surface area contributed by atoms with Crippen LogP contribution in [0.3, 0.4) is 0 Å². The molecular formula is C18H15FN2O4S. The molecule has 1 amide bonds. The van der Waals surface area contributed by atoms with E-state index in [1.807, 2.05) is 17.5 Å². The van der Waals surface area contributed by atoms with Gasteiger partial charge in [0.15, 0.2) is 6.79 Å². The summed E-state index contributed by atoms with van der Waals surface area (Å²) in [5.41, 5.74) is 1.73. The van der Waals surface area contributed by atoms with Crippen molar-refractivity contribution in [1.82, 2.24) is 10.3 Å². The Morgan fingerprint density at radius 3 is 3.15 bits per heavy atom. The van der Waals surface area contributed by atoms with Crippen molar-refractivity contribution >= 4 is 17.2 Å². The summed E-state index contributed by atoms with van der Waals surface area (Å²) in [7, 11) is 0. The monoisotopic (exact) mass is 374 g/mol. The molecule has 134 valence electrons. The summed E-state index contributed by atoms with van der Waals surface area (Å²) in [6.45, 7) is 0.596. The van der Waals surface area contributed by atoms with Crippen LogP contribution in [0.2, 0.25) is 0 Å². The third kappa shape index (κ3) is 3.61. The van der Waals surface area contributed by atoms with Crippen LogP contribution in [-0.2, 0) is 29.1 Å². The standard InChI is InChI=1S/C18H15FN2O4S/c19-13-4-11(17-12(5-13)8-23-10-25-17)6-16(22)20-7-14-9-24-18(21-14)15-2-1-3-26-15/h1-5,9H,6-8,10H2,(H,20,22). The number of oxazole rings is 1. The Kier molecular flexibility index (Phi) is 4.68. The molecule has 26 heavy (non-hydrogen) atoms. The Morgan fingerprint density at radius 2 is 2.31 bits per heavy atom. The van der Waals surface area contributed by atoms with E-state index in [-0.39, 0.29) is 32.3 Å². The third-order valence-corrected chi connectivity index (χ3v) is 4.71. The van der Waals surface area contributed by atoms with E-state index in [2.05, 4.69) is 10.3 Å². The first-order valence-electron chi connectivity index (χ1n) is 7.96. The second-order valence-corrected chi connectivity index (χ2v) is 6.69. The smallest absolute Gasteiger partial charge is 0.236 e. The highest BCUT2D eigenvalue weighted by atomic mass is 32.1. The van der Waals surface area contributed by atoms with Crippen LogP contribution in [0.4, 0.5) is 4.39 Å². The quantitative estimate of drug-likeness (QED) is 0.742. The van der Waals surface area contributed by atoms with Crippen molar-refractivity contribution in [2.45, 2.75) is 19.6 Å². The second-order valence-electron chi connectivity index (χ2n) is 5.74. The van der Waals surface area contributed by atoms with E-state index in [0.29, 0.717) is 28.5 Å². The van der Waals surface area contributed by atoms with Crippen LogP contribution in [0, 0.1) is 5.82 Å². The van der Waals surface area contributed by atoms with Gasteiger partial charge < -0.3 is 19.2 Å². The van der Waals surface area contributed by atoms with Crippen molar-refractivity contribution in [3.63, 3.8) is 0 Å². The summed E-state index contributed by atoms with van der Waals surface area (Å²) in [6.07, 6.45) is 1.52. The number of halogens is 1. The van der Waals surface area contributed by atoms with Gasteiger partial charge in [0.25, 0.3) is 0 Å². The number of hydrogen-bond donors (Lipinski definition) is 1. The van der Waals surface area contributed by atoms with Crippen molar-refractivity contribution < 1.29 is 23.1 Å². The van der Waals surface area contributed by atoms with Crippen LogP contribution >= 0.6 is 11.3 Å². The highest BCUT2D eigenvalue weighted by Gasteiger charge is 2.19. The highest BCUT2D eigenvalue weighted by Crippen LogP contribution is 2.29. The van der Waals surface area contributed by atoms with E-state index in [4.69, 9.17) is 13.9 Å². The Bertz CT molecular complexity index is 923. The lowest BCUT2D eigenvalue weighted by Crippen LogP contribution is -2.25. The van der Waals surface area contributed by atoms with Crippen LogP contribution in [0.1, 0.15) is 16.8 Å². The molecule has 0 fully saturated rings. The summed E-state index contributed by atoms with van der Waals surface area (Å²) >= 11 is 1.53. The number of benzene rings is 1. The molecule has 1 aliphatic heterocycles. The summed E-state index contributed by atoms with van der Waals surface area (Å²) in [5, 5.41) is 4.70. The molecule has 0 aliphatic carbocycles. The molecule has 1 aliphatic rings. The summed E-state index contributed by atoms with van der Waals surface area (Å²) in [4.78, 5) is 17.5. The van der Waals surface area contributed by atoms with E-state index >= 15 is 0 Å². The van der Waals surface area contributed by atoms with Crippen molar-refractivity contribution in [1.29, 1.82) is 0 Å². The predicted molar refractivity (Wildman–Crippen MR) is 92.1 cm³/mol. The minimum atomic E-state index is -0.419. The molecule has 1 N–H and O–H groups in total. The first-order chi connectivity index (χ1) is 12.7. The fourth-order valence-electron chi connectivity index (χ4n) is 2.71. The SMILES string of the molecule is O=C(Cc1cc(F)cc2c1OCOC2)NCc1coc(-c2cccs2)n1. The number of hydrogen-bond acceptors (Lipinski definition) is 6. The Balaban J connectivity index is 1.40. The van der Waals surface area contributed by atoms with Crippen LogP contribution in [-0.4, -0.2) is 17.7 Å². The minimum absolute atomic E-state index is 0.00965. The summed E-state index contributed by atoms with van der Waals surface area (Å²) < 4.78 is 29.7. The maximum atomic E-state index is 13.7. The van der Waals surface area contributed by atoms with Crippen molar-refractivity contribution in [2.24, 2.45) is 0 Å². The van der Waals surface area contributed by atoms with Gasteiger partial charge in [-0.1, -0.05) is 6.07 Å². The Hall–Kier alpha value is -2.71. The maximum Gasteiger partial charge on any atom is 0.236 e. The molecule has 6 nitrogen and oxygen atoms in total. The van der Waals surface area contributed by atoms with Crippen LogP contribution in [0.5, 0.6) is 5.75 Å². The van der Waals surface area contributed by atoms with Crippen LogP contribution in [0.15, 0.2) is 40.3 Å². The molecule has 0 atom stereocenters. The normalized spacial score (nSPS) is 13.1. The lowest BCUT2D eigenvalue weighted by Gasteiger charge is -2.20. The second kappa shape index (κ2) is 7.27. The number of nitrogens with zero attached hydrogens (tertiary/aromatic N) is 1. The van der Waals surface area contributed by atoms with E-state index in [1.165, 1.54) is 29.7 Å². The molecule has 3 heterocycles. The zero-order valence-corrected chi connectivity index (χ0v) is 14.5. The van der Waals surface area contributed by atoms with Gasteiger partial charge in [-0.05, 0) is 23.6 Å². The van der Waals surface area contributed by atoms with Crippen LogP contribution in [0.25, 0.3) is 10.8 Å². The molecule has 0 radical (unpaired) electrons. The number of fused-ring (bicyclic) bond motifs is 1. The van der Waals surface area contributed by atoms with Gasteiger partial charge in [-0.15, -0.1) is 11.3 Å². The molecule has 1 aromatic carbocycles.